The number of rotatable bonds is 7. The molecule has 0 spiro atoms. The Kier molecular flexibility index (Phi) is 5.18. The third-order valence-electron chi connectivity index (χ3n) is 2.16. The number of nitrogens with one attached hydrogen (secondary N) is 1. The van der Waals surface area contributed by atoms with Crippen LogP contribution in [0.4, 0.5) is 6.01 Å². The molecule has 0 aromatic carbocycles. The normalized spacial score (nSPS) is 10.6. The van der Waals surface area contributed by atoms with Gasteiger partial charge in [0.05, 0.1) is 5.69 Å². The fourth-order valence-electron chi connectivity index (χ4n) is 1.38. The molecule has 1 rings (SSSR count). The van der Waals surface area contributed by atoms with Crippen LogP contribution in [0.1, 0.15) is 32.4 Å². The van der Waals surface area contributed by atoms with Crippen molar-refractivity contribution >= 4 is 6.01 Å². The van der Waals surface area contributed by atoms with Gasteiger partial charge < -0.3 is 14.6 Å². The molecule has 0 aliphatic heterocycles. The summed E-state index contributed by atoms with van der Waals surface area (Å²) in [4.78, 5) is 6.43. The molecule has 4 nitrogen and oxygen atoms in total. The summed E-state index contributed by atoms with van der Waals surface area (Å²) in [6.07, 6.45) is 3.97. The van der Waals surface area contributed by atoms with Crippen LogP contribution in [0.5, 0.6) is 0 Å². The maximum Gasteiger partial charge on any atom is 0.297 e. The molecule has 0 aliphatic rings. The Morgan fingerprint density at radius 3 is 2.87 bits per heavy atom. The lowest BCUT2D eigenvalue weighted by Crippen LogP contribution is -2.18. The molecule has 1 aromatic rings. The van der Waals surface area contributed by atoms with E-state index < -0.39 is 0 Å². The van der Waals surface area contributed by atoms with E-state index in [2.05, 4.69) is 24.1 Å². The summed E-state index contributed by atoms with van der Waals surface area (Å²) >= 11 is 0. The van der Waals surface area contributed by atoms with Gasteiger partial charge in [-0.15, -0.1) is 0 Å². The van der Waals surface area contributed by atoms with Gasteiger partial charge in [-0.25, -0.2) is 0 Å². The Morgan fingerprint density at radius 1 is 1.40 bits per heavy atom. The van der Waals surface area contributed by atoms with Crippen LogP contribution < -0.4 is 10.2 Å². The van der Waals surface area contributed by atoms with Crippen LogP contribution in [-0.4, -0.2) is 25.1 Å². The summed E-state index contributed by atoms with van der Waals surface area (Å²) in [6.45, 7) is 7.08. The van der Waals surface area contributed by atoms with Gasteiger partial charge in [0.25, 0.3) is 6.01 Å². The van der Waals surface area contributed by atoms with Gasteiger partial charge in [0.2, 0.25) is 0 Å². The lowest BCUT2D eigenvalue weighted by molar-refractivity contribution is 0.542. The minimum Gasteiger partial charge on any atom is -0.432 e. The van der Waals surface area contributed by atoms with Crippen LogP contribution >= 0.6 is 0 Å². The van der Waals surface area contributed by atoms with Crippen molar-refractivity contribution in [1.82, 2.24) is 10.3 Å². The van der Waals surface area contributed by atoms with Crippen molar-refractivity contribution in [3.8, 4) is 0 Å². The second-order valence-corrected chi connectivity index (χ2v) is 3.72. The molecule has 0 radical (unpaired) electrons. The Hall–Kier alpha value is -1.03. The molecule has 0 saturated heterocycles. The van der Waals surface area contributed by atoms with Crippen molar-refractivity contribution < 1.29 is 4.42 Å². The van der Waals surface area contributed by atoms with E-state index in [0.29, 0.717) is 6.01 Å². The first-order valence-corrected chi connectivity index (χ1v) is 5.64. The number of aromatic nitrogens is 1. The van der Waals surface area contributed by atoms with Crippen LogP contribution in [-0.2, 0) is 6.54 Å². The van der Waals surface area contributed by atoms with Crippen molar-refractivity contribution in [2.75, 3.05) is 25.0 Å². The topological polar surface area (TPSA) is 41.3 Å². The highest BCUT2D eigenvalue weighted by atomic mass is 16.4. The molecule has 0 bridgehead atoms. The third kappa shape index (κ3) is 3.91. The van der Waals surface area contributed by atoms with E-state index >= 15 is 0 Å². The summed E-state index contributed by atoms with van der Waals surface area (Å²) < 4.78 is 5.38. The zero-order valence-corrected chi connectivity index (χ0v) is 9.92. The predicted octanol–water partition coefficient (Wildman–Crippen LogP) is 2.02. The average Bonchev–Trinajstić information content (AvgIpc) is 2.67. The monoisotopic (exact) mass is 211 g/mol. The molecular formula is C11H21N3O. The zero-order valence-electron chi connectivity index (χ0n) is 9.92. The second-order valence-electron chi connectivity index (χ2n) is 3.72. The van der Waals surface area contributed by atoms with E-state index in [4.69, 9.17) is 4.42 Å². The minimum atomic E-state index is 0.713. The van der Waals surface area contributed by atoms with Gasteiger partial charge >= 0.3 is 0 Å². The number of anilines is 1. The highest BCUT2D eigenvalue weighted by Gasteiger charge is 2.07. The number of nitrogens with zero attached hydrogens (tertiary/aromatic N) is 2. The zero-order chi connectivity index (χ0) is 11.1. The molecule has 1 heterocycles. The fraction of sp³-hybridized carbons (Fsp3) is 0.727. The fourth-order valence-corrected chi connectivity index (χ4v) is 1.38. The van der Waals surface area contributed by atoms with E-state index in [9.17, 15) is 0 Å². The van der Waals surface area contributed by atoms with Crippen molar-refractivity contribution in [2.45, 2.75) is 33.2 Å². The van der Waals surface area contributed by atoms with E-state index in [0.717, 1.165) is 38.2 Å². The molecule has 4 heteroatoms. The highest BCUT2D eigenvalue weighted by molar-refractivity contribution is 5.24. The second kappa shape index (κ2) is 6.45. The van der Waals surface area contributed by atoms with Crippen LogP contribution in [0.2, 0.25) is 0 Å². The maximum atomic E-state index is 5.38. The molecule has 0 atom stereocenters. The largest absolute Gasteiger partial charge is 0.432 e. The van der Waals surface area contributed by atoms with Crippen LogP contribution in [0.25, 0.3) is 0 Å². The first-order valence-electron chi connectivity index (χ1n) is 5.64. The van der Waals surface area contributed by atoms with Crippen LogP contribution in [0.15, 0.2) is 10.7 Å². The highest BCUT2D eigenvalue weighted by Crippen LogP contribution is 2.11. The van der Waals surface area contributed by atoms with Gasteiger partial charge in [0, 0.05) is 20.1 Å². The first-order chi connectivity index (χ1) is 7.27. The number of hydrogen-bond donors (Lipinski definition) is 1. The molecule has 1 aromatic heterocycles. The molecule has 0 unspecified atom stereocenters. The minimum absolute atomic E-state index is 0.713. The van der Waals surface area contributed by atoms with E-state index in [-0.39, 0.29) is 0 Å². The molecule has 0 saturated carbocycles. The average molecular weight is 211 g/mol. The molecular weight excluding hydrogens is 190 g/mol. The molecule has 0 amide bonds. The third-order valence-corrected chi connectivity index (χ3v) is 2.16. The summed E-state index contributed by atoms with van der Waals surface area (Å²) in [5.74, 6) is 0. The van der Waals surface area contributed by atoms with Crippen molar-refractivity contribution in [3.05, 3.63) is 12.0 Å². The lowest BCUT2D eigenvalue weighted by atomic mass is 10.4. The van der Waals surface area contributed by atoms with Crippen molar-refractivity contribution in [2.24, 2.45) is 0 Å². The summed E-state index contributed by atoms with van der Waals surface area (Å²) in [7, 11) is 2.00. The van der Waals surface area contributed by atoms with E-state index in [1.807, 2.05) is 11.9 Å². The maximum absolute atomic E-state index is 5.38. The van der Waals surface area contributed by atoms with Gasteiger partial charge in [-0.2, -0.15) is 4.98 Å². The van der Waals surface area contributed by atoms with Gasteiger partial charge in [0.1, 0.15) is 6.26 Å². The quantitative estimate of drug-likeness (QED) is 0.701. The van der Waals surface area contributed by atoms with E-state index in [1.54, 1.807) is 6.26 Å². The Bertz CT molecular complexity index is 273. The SMILES string of the molecule is CCCNCc1coc(N(C)CCC)n1. The predicted molar refractivity (Wildman–Crippen MR) is 62.1 cm³/mol. The molecule has 86 valence electrons. The molecule has 1 N–H and O–H groups in total. The van der Waals surface area contributed by atoms with Crippen molar-refractivity contribution in [3.63, 3.8) is 0 Å². The van der Waals surface area contributed by atoms with Gasteiger partial charge in [-0.05, 0) is 19.4 Å². The van der Waals surface area contributed by atoms with Crippen molar-refractivity contribution in [1.29, 1.82) is 0 Å². The summed E-state index contributed by atoms with van der Waals surface area (Å²) in [6, 6.07) is 0.713. The number of hydrogen-bond acceptors (Lipinski definition) is 4. The molecule has 0 aliphatic carbocycles. The first kappa shape index (κ1) is 12.0. The van der Waals surface area contributed by atoms with Gasteiger partial charge in [-0.3, -0.25) is 0 Å². The van der Waals surface area contributed by atoms with E-state index in [1.165, 1.54) is 0 Å². The lowest BCUT2D eigenvalue weighted by Gasteiger charge is -2.11. The van der Waals surface area contributed by atoms with Crippen LogP contribution in [0, 0.1) is 0 Å². The number of oxazole rings is 1. The Labute approximate surface area is 91.7 Å². The van der Waals surface area contributed by atoms with Gasteiger partial charge in [-0.1, -0.05) is 13.8 Å². The molecule has 15 heavy (non-hydrogen) atoms. The Balaban J connectivity index is 2.41. The standard InChI is InChI=1S/C11H21N3O/c1-4-6-12-8-10-9-15-11(13-10)14(3)7-5-2/h9,12H,4-8H2,1-3H3. The van der Waals surface area contributed by atoms with Gasteiger partial charge in [0.15, 0.2) is 0 Å². The summed E-state index contributed by atoms with van der Waals surface area (Å²) in [5.41, 5.74) is 0.974. The Morgan fingerprint density at radius 2 is 2.20 bits per heavy atom. The van der Waals surface area contributed by atoms with Crippen LogP contribution in [0.3, 0.4) is 0 Å². The molecule has 0 fully saturated rings. The summed E-state index contributed by atoms with van der Waals surface area (Å²) in [5, 5.41) is 3.29. The smallest absolute Gasteiger partial charge is 0.297 e.